The van der Waals surface area contributed by atoms with Crippen LogP contribution in [-0.4, -0.2) is 13.8 Å². The molecule has 0 bridgehead atoms. The maximum atomic E-state index is 13.3. The van der Waals surface area contributed by atoms with E-state index in [1.165, 1.54) is 0 Å². The summed E-state index contributed by atoms with van der Waals surface area (Å²) in [5, 5.41) is 0.132. The second-order valence-electron chi connectivity index (χ2n) is 3.58. The van der Waals surface area contributed by atoms with Gasteiger partial charge in [-0.05, 0) is 6.07 Å². The summed E-state index contributed by atoms with van der Waals surface area (Å²) in [6.45, 7) is 3.18. The van der Waals surface area contributed by atoms with Crippen molar-refractivity contribution in [1.82, 2.24) is 0 Å². The van der Waals surface area contributed by atoms with Gasteiger partial charge in [-0.1, -0.05) is 19.3 Å². The molecule has 0 aliphatic carbocycles. The summed E-state index contributed by atoms with van der Waals surface area (Å²) in [6.07, 6.45) is 0. The van der Waals surface area contributed by atoms with E-state index in [1.807, 2.05) is 0 Å². The molecular weight excluding hydrogens is 232 g/mol. The minimum atomic E-state index is -1.21. The number of esters is 1. The smallest absolute Gasteiger partial charge is 0.313 e. The van der Waals surface area contributed by atoms with Gasteiger partial charge in [0, 0.05) is 5.30 Å². The van der Waals surface area contributed by atoms with Gasteiger partial charge in [0.05, 0.1) is 5.92 Å². The van der Waals surface area contributed by atoms with Crippen molar-refractivity contribution >= 4 is 33.8 Å². The zero-order valence-corrected chi connectivity index (χ0v) is 10.0. The Hall–Kier alpha value is -0.955. The molecule has 1 atom stereocenters. The van der Waals surface area contributed by atoms with E-state index in [-0.39, 0.29) is 10.8 Å². The van der Waals surface area contributed by atoms with Gasteiger partial charge in [-0.25, -0.2) is 4.39 Å². The molecule has 2 radical (unpaired) electrons. The first-order valence-electron chi connectivity index (χ1n) is 4.59. The Balaban J connectivity index is 3.18. The SMILES string of the molecule is [B]c1cc(F)c(F)c(OC(=O)C(C)C)c1P. The number of hydrogen-bond donors (Lipinski definition) is 0. The third kappa shape index (κ3) is 2.59. The lowest BCUT2D eigenvalue weighted by molar-refractivity contribution is -0.137. The minimum Gasteiger partial charge on any atom is -0.422 e. The Kier molecular flexibility index (Phi) is 4.03. The average Bonchev–Trinajstić information content (AvgIpc) is 2.21. The van der Waals surface area contributed by atoms with Gasteiger partial charge in [-0.15, -0.1) is 9.24 Å². The lowest BCUT2D eigenvalue weighted by atomic mass is 9.95. The summed E-state index contributed by atoms with van der Waals surface area (Å²) in [5.74, 6) is -3.91. The van der Waals surface area contributed by atoms with Gasteiger partial charge >= 0.3 is 5.97 Å². The predicted molar refractivity (Wildman–Crippen MR) is 61.6 cm³/mol. The first kappa shape index (κ1) is 13.1. The lowest BCUT2D eigenvalue weighted by Crippen LogP contribution is -2.27. The molecule has 2 nitrogen and oxygen atoms in total. The van der Waals surface area contributed by atoms with Crippen LogP contribution in [-0.2, 0) is 4.79 Å². The van der Waals surface area contributed by atoms with Crippen molar-refractivity contribution in [3.63, 3.8) is 0 Å². The monoisotopic (exact) mass is 242 g/mol. The van der Waals surface area contributed by atoms with E-state index in [0.717, 1.165) is 6.07 Å². The van der Waals surface area contributed by atoms with E-state index in [2.05, 4.69) is 9.24 Å². The third-order valence-electron chi connectivity index (χ3n) is 1.92. The van der Waals surface area contributed by atoms with Crippen molar-refractivity contribution in [3.8, 4) is 5.75 Å². The summed E-state index contributed by atoms with van der Waals surface area (Å²) in [5.41, 5.74) is 0.00968. The zero-order valence-electron chi connectivity index (χ0n) is 8.88. The van der Waals surface area contributed by atoms with Crippen molar-refractivity contribution in [2.24, 2.45) is 5.92 Å². The molecule has 16 heavy (non-hydrogen) atoms. The number of carbonyl (C=O) groups is 1. The van der Waals surface area contributed by atoms with Crippen molar-refractivity contribution in [1.29, 1.82) is 0 Å². The second-order valence-corrected chi connectivity index (χ2v) is 4.16. The van der Waals surface area contributed by atoms with Crippen LogP contribution in [0.15, 0.2) is 6.07 Å². The first-order valence-corrected chi connectivity index (χ1v) is 5.17. The molecule has 0 spiro atoms. The van der Waals surface area contributed by atoms with Gasteiger partial charge in [-0.3, -0.25) is 4.79 Å². The number of halogens is 2. The molecule has 0 saturated heterocycles. The molecule has 1 rings (SSSR count). The number of carbonyl (C=O) groups excluding carboxylic acids is 1. The fourth-order valence-corrected chi connectivity index (χ4v) is 1.22. The number of hydrogen-bond acceptors (Lipinski definition) is 2. The highest BCUT2D eigenvalue weighted by Crippen LogP contribution is 2.19. The molecule has 84 valence electrons. The van der Waals surface area contributed by atoms with Gasteiger partial charge in [0.2, 0.25) is 5.82 Å². The summed E-state index contributed by atoms with van der Waals surface area (Å²) in [7, 11) is 7.54. The summed E-state index contributed by atoms with van der Waals surface area (Å²) in [4.78, 5) is 11.3. The zero-order chi connectivity index (χ0) is 12.5. The molecule has 0 aliphatic heterocycles. The van der Waals surface area contributed by atoms with Gasteiger partial charge in [0.1, 0.15) is 7.85 Å². The highest BCUT2D eigenvalue weighted by atomic mass is 31.0. The highest BCUT2D eigenvalue weighted by molar-refractivity contribution is 7.28. The quantitative estimate of drug-likeness (QED) is 0.332. The van der Waals surface area contributed by atoms with E-state index in [0.29, 0.717) is 0 Å². The molecule has 0 N–H and O–H groups in total. The molecule has 6 heteroatoms. The molecule has 1 aromatic carbocycles. The minimum absolute atomic E-state index is 0.00968. The van der Waals surface area contributed by atoms with E-state index in [1.54, 1.807) is 13.8 Å². The Morgan fingerprint density at radius 2 is 2.06 bits per heavy atom. The van der Waals surface area contributed by atoms with E-state index < -0.39 is 29.3 Å². The van der Waals surface area contributed by atoms with Crippen LogP contribution in [0, 0.1) is 17.6 Å². The molecular formula is C10H10BF2O2P. The second kappa shape index (κ2) is 4.92. The van der Waals surface area contributed by atoms with Crippen molar-refractivity contribution in [2.45, 2.75) is 13.8 Å². The Morgan fingerprint density at radius 1 is 1.50 bits per heavy atom. The Bertz CT molecular complexity index is 409. The lowest BCUT2D eigenvalue weighted by Gasteiger charge is -2.12. The van der Waals surface area contributed by atoms with Crippen LogP contribution in [0.2, 0.25) is 0 Å². The highest BCUT2D eigenvalue weighted by Gasteiger charge is 2.19. The van der Waals surface area contributed by atoms with Crippen LogP contribution in [0.5, 0.6) is 5.75 Å². The molecule has 0 heterocycles. The Labute approximate surface area is 96.0 Å². The maximum absolute atomic E-state index is 13.3. The standard InChI is InChI=1S/C10H10BF2O2P/c1-4(2)10(14)15-8-7(13)6(12)3-5(11)9(8)16/h3-4H,16H2,1-2H3. The molecule has 0 amide bonds. The molecule has 1 aromatic rings. The fourth-order valence-electron chi connectivity index (χ4n) is 0.954. The fraction of sp³-hybridized carbons (Fsp3) is 0.300. The number of rotatable bonds is 2. The molecule has 1 unspecified atom stereocenters. The number of benzene rings is 1. The molecule has 0 aromatic heterocycles. The molecule has 0 aliphatic rings. The summed E-state index contributed by atoms with van der Waals surface area (Å²) in [6, 6.07) is 0.838. The van der Waals surface area contributed by atoms with Crippen molar-refractivity contribution in [3.05, 3.63) is 17.7 Å². The van der Waals surface area contributed by atoms with E-state index >= 15 is 0 Å². The van der Waals surface area contributed by atoms with Gasteiger partial charge in [-0.2, -0.15) is 4.39 Å². The maximum Gasteiger partial charge on any atom is 0.313 e. The van der Waals surface area contributed by atoms with E-state index in [9.17, 15) is 13.6 Å². The van der Waals surface area contributed by atoms with Gasteiger partial charge in [0.15, 0.2) is 11.6 Å². The van der Waals surface area contributed by atoms with Crippen LogP contribution in [0.3, 0.4) is 0 Å². The summed E-state index contributed by atoms with van der Waals surface area (Å²) < 4.78 is 31.1. The molecule has 0 fully saturated rings. The van der Waals surface area contributed by atoms with Crippen LogP contribution < -0.4 is 15.5 Å². The normalized spacial score (nSPS) is 10.6. The van der Waals surface area contributed by atoms with Gasteiger partial charge < -0.3 is 4.74 Å². The number of ether oxygens (including phenoxy) is 1. The first-order chi connectivity index (χ1) is 7.34. The summed E-state index contributed by atoms with van der Waals surface area (Å²) >= 11 is 0. The Morgan fingerprint density at radius 3 is 2.56 bits per heavy atom. The van der Waals surface area contributed by atoms with Crippen LogP contribution in [0.4, 0.5) is 8.78 Å². The van der Waals surface area contributed by atoms with Crippen molar-refractivity contribution < 1.29 is 18.3 Å². The van der Waals surface area contributed by atoms with Crippen LogP contribution in [0.25, 0.3) is 0 Å². The molecule has 0 saturated carbocycles. The van der Waals surface area contributed by atoms with E-state index in [4.69, 9.17) is 12.6 Å². The predicted octanol–water partition coefficient (Wildman–Crippen LogP) is 0.820. The van der Waals surface area contributed by atoms with Crippen LogP contribution in [0.1, 0.15) is 13.8 Å². The van der Waals surface area contributed by atoms with Crippen LogP contribution >= 0.6 is 9.24 Å². The topological polar surface area (TPSA) is 26.3 Å². The van der Waals surface area contributed by atoms with Gasteiger partial charge in [0.25, 0.3) is 0 Å². The third-order valence-corrected chi connectivity index (χ3v) is 2.52. The average molecular weight is 242 g/mol. The largest absolute Gasteiger partial charge is 0.422 e. The van der Waals surface area contributed by atoms with Crippen molar-refractivity contribution in [2.75, 3.05) is 0 Å².